The third-order valence-electron chi connectivity index (χ3n) is 7.35. The standard InChI is InChI=1S/C25H28N6O4S/c1-13(2)21-24(34)30(14-3-4-14)25(35)31(21)19-12-28-9-10-36-18-11-15(5-6-16(18)23(28)27-19)29-17(22(26)33)7-8-20(29)32/h5-6,11-14,17,21H,3-4,7-10H2,1-2H3,(H2,26,33)/t17-,21?/m0/s1. The summed E-state index contributed by atoms with van der Waals surface area (Å²) in [7, 11) is 0. The Balaban J connectivity index is 1.38. The molecule has 4 heterocycles. The molecule has 0 bridgehead atoms. The number of nitrogens with two attached hydrogens (primary N) is 1. The number of rotatable bonds is 5. The van der Waals surface area contributed by atoms with Crippen LogP contribution in [0.15, 0.2) is 29.3 Å². The zero-order valence-corrected chi connectivity index (χ0v) is 21.0. The predicted molar refractivity (Wildman–Crippen MR) is 134 cm³/mol. The van der Waals surface area contributed by atoms with Crippen molar-refractivity contribution in [1.82, 2.24) is 14.5 Å². The van der Waals surface area contributed by atoms with E-state index in [2.05, 4.69) is 0 Å². The number of aromatic nitrogens is 2. The van der Waals surface area contributed by atoms with E-state index < -0.39 is 18.0 Å². The molecule has 1 saturated carbocycles. The van der Waals surface area contributed by atoms with Gasteiger partial charge >= 0.3 is 6.03 Å². The van der Waals surface area contributed by atoms with Gasteiger partial charge in [-0.1, -0.05) is 13.8 Å². The van der Waals surface area contributed by atoms with Gasteiger partial charge in [0.05, 0.1) is 0 Å². The Morgan fingerprint density at radius 1 is 1.11 bits per heavy atom. The highest BCUT2D eigenvalue weighted by Gasteiger charge is 2.53. The van der Waals surface area contributed by atoms with E-state index >= 15 is 0 Å². The first-order valence-corrected chi connectivity index (χ1v) is 13.4. The van der Waals surface area contributed by atoms with Gasteiger partial charge in [-0.3, -0.25) is 29.1 Å². The number of imide groups is 1. The molecule has 1 unspecified atom stereocenters. The molecule has 11 heteroatoms. The van der Waals surface area contributed by atoms with Crippen molar-refractivity contribution in [2.45, 2.75) is 69.1 Å². The van der Waals surface area contributed by atoms with Crippen LogP contribution in [-0.4, -0.2) is 62.1 Å². The number of urea groups is 1. The number of anilines is 2. The average molecular weight is 509 g/mol. The molecule has 3 aliphatic heterocycles. The van der Waals surface area contributed by atoms with Gasteiger partial charge in [-0.25, -0.2) is 9.78 Å². The summed E-state index contributed by atoms with van der Waals surface area (Å²) in [6.45, 7) is 4.58. The molecule has 0 spiro atoms. The molecule has 1 aliphatic carbocycles. The number of hydrogen-bond acceptors (Lipinski definition) is 6. The third-order valence-corrected chi connectivity index (χ3v) is 8.38. The second kappa shape index (κ2) is 8.36. The number of thioether (sulfide) groups is 1. The zero-order chi connectivity index (χ0) is 25.3. The Kier molecular flexibility index (Phi) is 5.36. The van der Waals surface area contributed by atoms with Crippen molar-refractivity contribution in [3.63, 3.8) is 0 Å². The van der Waals surface area contributed by atoms with E-state index in [4.69, 9.17) is 10.7 Å². The van der Waals surface area contributed by atoms with E-state index in [-0.39, 0.29) is 29.8 Å². The lowest BCUT2D eigenvalue weighted by molar-refractivity contribution is -0.128. The molecule has 2 atom stereocenters. The van der Waals surface area contributed by atoms with Crippen LogP contribution in [0.3, 0.4) is 0 Å². The first-order chi connectivity index (χ1) is 17.3. The maximum Gasteiger partial charge on any atom is 0.333 e. The molecule has 4 aliphatic rings. The van der Waals surface area contributed by atoms with Crippen LogP contribution in [0.5, 0.6) is 0 Å². The molecule has 5 amide bonds. The van der Waals surface area contributed by atoms with Gasteiger partial charge in [0.25, 0.3) is 5.91 Å². The maximum atomic E-state index is 13.3. The molecule has 1 aromatic carbocycles. The summed E-state index contributed by atoms with van der Waals surface area (Å²) in [6.07, 6.45) is 4.30. The molecule has 0 radical (unpaired) electrons. The quantitative estimate of drug-likeness (QED) is 0.620. The monoisotopic (exact) mass is 508 g/mol. The smallest absolute Gasteiger partial charge is 0.333 e. The van der Waals surface area contributed by atoms with Crippen molar-refractivity contribution in [2.75, 3.05) is 15.6 Å². The van der Waals surface area contributed by atoms with Crippen LogP contribution < -0.4 is 15.5 Å². The Morgan fingerprint density at radius 2 is 1.89 bits per heavy atom. The molecule has 2 aromatic rings. The Labute approximate surface area is 212 Å². The topological polar surface area (TPSA) is 122 Å². The lowest BCUT2D eigenvalue weighted by Gasteiger charge is -2.23. The predicted octanol–water partition coefficient (Wildman–Crippen LogP) is 2.59. The SMILES string of the molecule is CC(C)C1C(=O)N(C2CC2)C(=O)N1c1cn2c(n1)-c1ccc(N3C(=O)CC[C@H]3C(N)=O)cc1SCC2. The maximum absolute atomic E-state index is 13.3. The second-order valence-electron chi connectivity index (χ2n) is 10.1. The molecule has 2 N–H and O–H groups in total. The van der Waals surface area contributed by atoms with Gasteiger partial charge in [0.1, 0.15) is 17.9 Å². The normalized spacial score (nSPS) is 24.0. The summed E-state index contributed by atoms with van der Waals surface area (Å²) >= 11 is 1.65. The van der Waals surface area contributed by atoms with Gasteiger partial charge in [0.15, 0.2) is 5.82 Å². The first-order valence-electron chi connectivity index (χ1n) is 12.4. The number of hydrogen-bond donors (Lipinski definition) is 1. The summed E-state index contributed by atoms with van der Waals surface area (Å²) < 4.78 is 2.02. The van der Waals surface area contributed by atoms with Gasteiger partial charge in [0.2, 0.25) is 11.8 Å². The fourth-order valence-electron chi connectivity index (χ4n) is 5.47. The number of benzene rings is 1. The molecule has 10 nitrogen and oxygen atoms in total. The number of amides is 5. The molecular weight excluding hydrogens is 480 g/mol. The van der Waals surface area contributed by atoms with E-state index in [1.165, 1.54) is 9.80 Å². The molecule has 6 rings (SSSR count). The lowest BCUT2D eigenvalue weighted by atomic mass is 10.0. The summed E-state index contributed by atoms with van der Waals surface area (Å²) in [6, 6.07) is 4.15. The molecule has 3 fully saturated rings. The fourth-order valence-corrected chi connectivity index (χ4v) is 6.50. The van der Waals surface area contributed by atoms with E-state index in [0.717, 1.165) is 29.1 Å². The Bertz CT molecular complexity index is 1300. The van der Waals surface area contributed by atoms with E-state index in [1.807, 2.05) is 42.8 Å². The second-order valence-corrected chi connectivity index (χ2v) is 11.3. The van der Waals surface area contributed by atoms with Crippen molar-refractivity contribution >= 4 is 47.0 Å². The minimum absolute atomic E-state index is 0.00441. The van der Waals surface area contributed by atoms with Gasteiger partial charge in [-0.05, 0) is 43.4 Å². The fraction of sp³-hybridized carbons (Fsp3) is 0.480. The van der Waals surface area contributed by atoms with Gasteiger partial charge in [-0.2, -0.15) is 0 Å². The number of aryl methyl sites for hydroxylation is 1. The van der Waals surface area contributed by atoms with Gasteiger partial charge < -0.3 is 10.3 Å². The van der Waals surface area contributed by atoms with Crippen molar-refractivity contribution in [3.8, 4) is 11.4 Å². The molecule has 36 heavy (non-hydrogen) atoms. The summed E-state index contributed by atoms with van der Waals surface area (Å²) in [5, 5.41) is 0. The average Bonchev–Trinajstić information content (AvgIpc) is 3.41. The molecule has 1 aromatic heterocycles. The van der Waals surface area contributed by atoms with Crippen molar-refractivity contribution in [3.05, 3.63) is 24.4 Å². The lowest BCUT2D eigenvalue weighted by Crippen LogP contribution is -2.42. The Hall–Kier alpha value is -3.34. The van der Waals surface area contributed by atoms with Crippen molar-refractivity contribution in [2.24, 2.45) is 11.7 Å². The first kappa shape index (κ1) is 23.1. The highest BCUT2D eigenvalue weighted by atomic mass is 32.2. The van der Waals surface area contributed by atoms with Crippen LogP contribution in [0.1, 0.15) is 39.5 Å². The van der Waals surface area contributed by atoms with Crippen LogP contribution in [0.2, 0.25) is 0 Å². The zero-order valence-electron chi connectivity index (χ0n) is 20.2. The molecule has 2 saturated heterocycles. The summed E-state index contributed by atoms with van der Waals surface area (Å²) in [4.78, 5) is 61.2. The highest BCUT2D eigenvalue weighted by molar-refractivity contribution is 7.99. The summed E-state index contributed by atoms with van der Waals surface area (Å²) in [5.74, 6) is 1.15. The number of carbonyl (C=O) groups excluding carboxylic acids is 4. The van der Waals surface area contributed by atoms with Crippen molar-refractivity contribution < 1.29 is 19.2 Å². The molecular formula is C25H28N6O4S. The van der Waals surface area contributed by atoms with Crippen LogP contribution in [0.4, 0.5) is 16.3 Å². The van der Waals surface area contributed by atoms with Crippen LogP contribution in [0, 0.1) is 5.92 Å². The van der Waals surface area contributed by atoms with Crippen LogP contribution in [-0.2, 0) is 20.9 Å². The number of fused-ring (bicyclic) bond motifs is 3. The number of nitrogens with zero attached hydrogens (tertiary/aromatic N) is 5. The highest BCUT2D eigenvalue weighted by Crippen LogP contribution is 2.41. The Morgan fingerprint density at radius 3 is 2.58 bits per heavy atom. The van der Waals surface area contributed by atoms with Crippen LogP contribution in [0.25, 0.3) is 11.4 Å². The van der Waals surface area contributed by atoms with E-state index in [0.29, 0.717) is 36.7 Å². The van der Waals surface area contributed by atoms with Crippen LogP contribution >= 0.6 is 11.8 Å². The minimum Gasteiger partial charge on any atom is -0.368 e. The minimum atomic E-state index is -0.638. The van der Waals surface area contributed by atoms with Gasteiger partial charge in [0, 0.05) is 47.1 Å². The third kappa shape index (κ3) is 3.51. The van der Waals surface area contributed by atoms with Gasteiger partial charge in [-0.15, -0.1) is 11.8 Å². The number of primary amides is 1. The van der Waals surface area contributed by atoms with E-state index in [1.54, 1.807) is 16.7 Å². The largest absolute Gasteiger partial charge is 0.368 e. The molecule has 188 valence electrons. The van der Waals surface area contributed by atoms with E-state index in [9.17, 15) is 19.2 Å². The number of carbonyl (C=O) groups is 4. The summed E-state index contributed by atoms with van der Waals surface area (Å²) in [5.41, 5.74) is 7.08. The number of imidazole rings is 1. The van der Waals surface area contributed by atoms with Crippen molar-refractivity contribution in [1.29, 1.82) is 0 Å².